The van der Waals surface area contributed by atoms with Crippen LogP contribution in [-0.2, 0) is 9.47 Å². The highest BCUT2D eigenvalue weighted by atomic mass is 127. The van der Waals surface area contributed by atoms with E-state index in [9.17, 15) is 4.79 Å². The van der Waals surface area contributed by atoms with E-state index in [-0.39, 0.29) is 11.8 Å². The first kappa shape index (κ1) is 16.7. The highest BCUT2D eigenvalue weighted by Crippen LogP contribution is 2.33. The summed E-state index contributed by atoms with van der Waals surface area (Å²) >= 11 is 4.25. The molecule has 0 rings (SSSR count). The molecule has 0 spiro atoms. The highest BCUT2D eigenvalue weighted by Gasteiger charge is 2.35. The molecule has 5 heteroatoms. The van der Waals surface area contributed by atoms with Gasteiger partial charge in [0.1, 0.15) is 0 Å². The quantitative estimate of drug-likeness (QED) is 0.350. The van der Waals surface area contributed by atoms with Crippen LogP contribution < -0.4 is 0 Å². The minimum absolute atomic E-state index is 0.236. The van der Waals surface area contributed by atoms with E-state index in [1.165, 1.54) is 0 Å². The van der Waals surface area contributed by atoms with Crippen LogP contribution in [0.15, 0.2) is 0 Å². The standard InChI is InChI=1S/C11H20I2O3/c1-7(2)10(5,12)15-9(14)16-11(6,13)8(3)4/h7-8H,1-6H3. The van der Waals surface area contributed by atoms with Crippen LogP contribution in [0.1, 0.15) is 41.5 Å². The van der Waals surface area contributed by atoms with Crippen molar-refractivity contribution in [3.8, 4) is 0 Å². The molecule has 96 valence electrons. The molecule has 0 heterocycles. The fraction of sp³-hybridized carbons (Fsp3) is 0.909. The Hall–Kier alpha value is 0.730. The summed E-state index contributed by atoms with van der Waals surface area (Å²) in [6, 6.07) is 0. The van der Waals surface area contributed by atoms with E-state index in [1.807, 2.05) is 41.5 Å². The Balaban J connectivity index is 4.41. The lowest BCUT2D eigenvalue weighted by atomic mass is 10.1. The maximum absolute atomic E-state index is 11.6. The van der Waals surface area contributed by atoms with Crippen molar-refractivity contribution in [2.45, 2.75) is 48.8 Å². The Bertz CT molecular complexity index is 224. The summed E-state index contributed by atoms with van der Waals surface area (Å²) in [7, 11) is 0. The Labute approximate surface area is 125 Å². The van der Waals surface area contributed by atoms with Crippen molar-refractivity contribution in [3.63, 3.8) is 0 Å². The summed E-state index contributed by atoms with van der Waals surface area (Å²) in [5, 5.41) is 0. The van der Waals surface area contributed by atoms with E-state index >= 15 is 0 Å². The minimum atomic E-state index is -0.601. The number of hydrogen-bond donors (Lipinski definition) is 0. The third-order valence-corrected chi connectivity index (χ3v) is 5.56. The number of halogens is 2. The molecular formula is C11H20I2O3. The molecule has 0 amide bonds. The van der Waals surface area contributed by atoms with Crippen LogP contribution in [-0.4, -0.2) is 13.4 Å². The van der Waals surface area contributed by atoms with E-state index in [0.717, 1.165) is 0 Å². The molecular weight excluding hydrogens is 434 g/mol. The van der Waals surface area contributed by atoms with Crippen LogP contribution in [0.3, 0.4) is 0 Å². The lowest BCUT2D eigenvalue weighted by molar-refractivity contribution is -0.0258. The third-order valence-electron chi connectivity index (χ3n) is 2.63. The van der Waals surface area contributed by atoms with Crippen molar-refractivity contribution in [3.05, 3.63) is 0 Å². The summed E-state index contributed by atoms with van der Waals surface area (Å²) in [4.78, 5) is 11.6. The maximum Gasteiger partial charge on any atom is 0.510 e. The molecule has 0 aliphatic carbocycles. The topological polar surface area (TPSA) is 35.5 Å². The van der Waals surface area contributed by atoms with Crippen molar-refractivity contribution in [2.24, 2.45) is 11.8 Å². The SMILES string of the molecule is CC(C)C(C)(I)OC(=O)OC(C)(I)C(C)C. The van der Waals surface area contributed by atoms with Crippen molar-refractivity contribution in [2.75, 3.05) is 0 Å². The summed E-state index contributed by atoms with van der Waals surface area (Å²) in [5.74, 6) is 0.473. The minimum Gasteiger partial charge on any atom is -0.417 e. The number of carbonyl (C=O) groups excluding carboxylic acids is 1. The number of alkyl halides is 2. The first-order chi connectivity index (χ1) is 6.99. The van der Waals surface area contributed by atoms with Crippen LogP contribution in [0.25, 0.3) is 0 Å². The molecule has 2 atom stereocenters. The van der Waals surface area contributed by atoms with Gasteiger partial charge in [0.2, 0.25) is 0 Å². The predicted molar refractivity (Wildman–Crippen MR) is 82.1 cm³/mol. The predicted octanol–water partition coefficient (Wildman–Crippen LogP) is 4.75. The Morgan fingerprint density at radius 1 is 0.938 bits per heavy atom. The van der Waals surface area contributed by atoms with Gasteiger partial charge in [-0.1, -0.05) is 27.7 Å². The first-order valence-corrected chi connectivity index (χ1v) is 7.44. The van der Waals surface area contributed by atoms with Gasteiger partial charge in [-0.3, -0.25) is 0 Å². The number of hydrogen-bond acceptors (Lipinski definition) is 3. The monoisotopic (exact) mass is 454 g/mol. The van der Waals surface area contributed by atoms with E-state index in [1.54, 1.807) is 0 Å². The Morgan fingerprint density at radius 3 is 1.38 bits per heavy atom. The molecule has 0 radical (unpaired) electrons. The van der Waals surface area contributed by atoms with Gasteiger partial charge in [-0.15, -0.1) is 0 Å². The summed E-state index contributed by atoms with van der Waals surface area (Å²) in [6.45, 7) is 11.8. The second kappa shape index (κ2) is 6.06. The van der Waals surface area contributed by atoms with Crippen molar-refractivity contribution in [1.29, 1.82) is 0 Å². The van der Waals surface area contributed by atoms with Crippen molar-refractivity contribution >= 4 is 51.3 Å². The molecule has 0 aromatic heterocycles. The van der Waals surface area contributed by atoms with E-state index in [2.05, 4.69) is 45.2 Å². The second-order valence-corrected chi connectivity index (χ2v) is 9.02. The number of carbonyl (C=O) groups is 1. The van der Waals surface area contributed by atoms with Crippen LogP contribution in [0.4, 0.5) is 4.79 Å². The van der Waals surface area contributed by atoms with Gasteiger partial charge in [0.25, 0.3) is 0 Å². The van der Waals surface area contributed by atoms with Gasteiger partial charge in [0.05, 0.1) is 0 Å². The lowest BCUT2D eigenvalue weighted by Gasteiger charge is -2.31. The molecule has 16 heavy (non-hydrogen) atoms. The second-order valence-electron chi connectivity index (χ2n) is 4.74. The maximum atomic E-state index is 11.6. The zero-order valence-electron chi connectivity index (χ0n) is 10.6. The average molecular weight is 454 g/mol. The fourth-order valence-electron chi connectivity index (χ4n) is 0.582. The van der Waals surface area contributed by atoms with Crippen LogP contribution >= 0.6 is 45.2 Å². The van der Waals surface area contributed by atoms with Gasteiger partial charge in [0, 0.05) is 11.8 Å². The van der Waals surface area contributed by atoms with E-state index in [4.69, 9.17) is 9.47 Å². The van der Waals surface area contributed by atoms with Gasteiger partial charge in [-0.25, -0.2) is 4.79 Å². The third kappa shape index (κ3) is 5.37. The molecule has 0 fully saturated rings. The van der Waals surface area contributed by atoms with E-state index in [0.29, 0.717) is 0 Å². The lowest BCUT2D eigenvalue weighted by Crippen LogP contribution is -2.36. The number of ether oxygens (including phenoxy) is 2. The molecule has 0 aliphatic heterocycles. The van der Waals surface area contributed by atoms with Gasteiger partial charge < -0.3 is 9.47 Å². The highest BCUT2D eigenvalue weighted by molar-refractivity contribution is 14.1. The van der Waals surface area contributed by atoms with Crippen LogP contribution in [0, 0.1) is 11.8 Å². The van der Waals surface area contributed by atoms with Crippen LogP contribution in [0.2, 0.25) is 0 Å². The molecule has 0 bridgehead atoms. The molecule has 0 aromatic carbocycles. The molecule has 0 saturated carbocycles. The van der Waals surface area contributed by atoms with Gasteiger partial charge in [0.15, 0.2) is 7.22 Å². The summed E-state index contributed by atoms with van der Waals surface area (Å²) < 4.78 is 9.55. The normalized spacial score (nSPS) is 19.1. The molecule has 2 unspecified atom stereocenters. The molecule has 0 aliphatic rings. The smallest absolute Gasteiger partial charge is 0.417 e. The largest absolute Gasteiger partial charge is 0.510 e. The zero-order valence-corrected chi connectivity index (χ0v) is 15.0. The average Bonchev–Trinajstić information content (AvgIpc) is 2.00. The summed E-state index contributed by atoms with van der Waals surface area (Å²) in [5.41, 5.74) is 0. The van der Waals surface area contributed by atoms with E-state index < -0.39 is 13.4 Å². The summed E-state index contributed by atoms with van der Waals surface area (Å²) in [6.07, 6.45) is -0.601. The zero-order chi connectivity index (χ0) is 13.1. The first-order valence-electron chi connectivity index (χ1n) is 5.29. The van der Waals surface area contributed by atoms with Gasteiger partial charge in [-0.05, 0) is 59.0 Å². The number of rotatable bonds is 4. The van der Waals surface area contributed by atoms with Crippen molar-refractivity contribution in [1.82, 2.24) is 0 Å². The molecule has 0 aromatic rings. The van der Waals surface area contributed by atoms with Crippen molar-refractivity contribution < 1.29 is 14.3 Å². The Morgan fingerprint density at radius 2 is 1.19 bits per heavy atom. The van der Waals surface area contributed by atoms with Gasteiger partial charge in [-0.2, -0.15) is 0 Å². The molecule has 0 N–H and O–H groups in total. The van der Waals surface area contributed by atoms with Gasteiger partial charge >= 0.3 is 6.16 Å². The Kier molecular flexibility index (Phi) is 6.34. The fourth-order valence-corrected chi connectivity index (χ4v) is 0.942. The van der Waals surface area contributed by atoms with Crippen LogP contribution in [0.5, 0.6) is 0 Å². The molecule has 3 nitrogen and oxygen atoms in total. The molecule has 0 saturated heterocycles.